The van der Waals surface area contributed by atoms with Gasteiger partial charge in [-0.1, -0.05) is 25.1 Å². The number of carbonyl (C=O) groups is 1. The summed E-state index contributed by atoms with van der Waals surface area (Å²) >= 11 is 0. The minimum absolute atomic E-state index is 0.271. The van der Waals surface area contributed by atoms with Gasteiger partial charge in [-0.2, -0.15) is 5.10 Å². The number of nitrogens with one attached hydrogen (secondary N) is 1. The molecule has 0 aliphatic heterocycles. The van der Waals surface area contributed by atoms with Crippen LogP contribution in [0.25, 0.3) is 0 Å². The predicted molar refractivity (Wildman–Crippen MR) is 92.1 cm³/mol. The Labute approximate surface area is 137 Å². The first-order chi connectivity index (χ1) is 10.9. The van der Waals surface area contributed by atoms with Gasteiger partial charge in [0.15, 0.2) is 0 Å². The average molecular weight is 337 g/mol. The number of rotatable bonds is 6. The Kier molecular flexibility index (Phi) is 5.76. The monoisotopic (exact) mass is 337 g/mol. The summed E-state index contributed by atoms with van der Waals surface area (Å²) < 4.78 is 25.3. The number of anilines is 1. The summed E-state index contributed by atoms with van der Waals surface area (Å²) in [5, 5.41) is 4.09. The second-order valence-electron chi connectivity index (χ2n) is 5.67. The maximum Gasteiger partial charge on any atom is 0.260 e. The summed E-state index contributed by atoms with van der Waals surface area (Å²) in [6, 6.07) is 7.21. The van der Waals surface area contributed by atoms with Gasteiger partial charge in [-0.3, -0.25) is 9.10 Å². The van der Waals surface area contributed by atoms with Crippen LogP contribution in [0.2, 0.25) is 0 Å². The van der Waals surface area contributed by atoms with Gasteiger partial charge in [0.05, 0.1) is 11.9 Å². The molecular formula is C16H23N3O3S. The molecule has 1 aliphatic carbocycles. The molecule has 23 heavy (non-hydrogen) atoms. The highest BCUT2D eigenvalue weighted by molar-refractivity contribution is 7.92. The van der Waals surface area contributed by atoms with Crippen molar-refractivity contribution in [3.63, 3.8) is 0 Å². The number of hydrogen-bond donors (Lipinski definition) is 1. The highest BCUT2D eigenvalue weighted by Gasteiger charge is 2.22. The molecule has 0 heterocycles. The van der Waals surface area contributed by atoms with Crippen LogP contribution in [-0.2, 0) is 21.2 Å². The molecular weight excluding hydrogens is 314 g/mol. The summed E-state index contributed by atoms with van der Waals surface area (Å²) in [5.41, 5.74) is 4.87. The molecule has 0 spiro atoms. The molecule has 6 nitrogen and oxygen atoms in total. The number of carbonyl (C=O) groups excluding carboxylic acids is 1. The van der Waals surface area contributed by atoms with E-state index in [1.807, 2.05) is 19.1 Å². The van der Waals surface area contributed by atoms with Gasteiger partial charge in [-0.25, -0.2) is 13.8 Å². The van der Waals surface area contributed by atoms with E-state index >= 15 is 0 Å². The molecule has 2 rings (SSSR count). The first-order valence-electron chi connectivity index (χ1n) is 7.81. The fourth-order valence-corrected chi connectivity index (χ4v) is 3.52. The molecule has 0 aromatic heterocycles. The zero-order valence-corrected chi connectivity index (χ0v) is 14.4. The van der Waals surface area contributed by atoms with Crippen molar-refractivity contribution in [3.8, 4) is 0 Å². The third kappa shape index (κ3) is 4.79. The Balaban J connectivity index is 2.16. The Morgan fingerprint density at radius 3 is 2.52 bits per heavy atom. The summed E-state index contributed by atoms with van der Waals surface area (Å²) in [4.78, 5) is 12.1. The highest BCUT2D eigenvalue weighted by Crippen LogP contribution is 2.23. The molecule has 0 bridgehead atoms. The van der Waals surface area contributed by atoms with Crippen LogP contribution in [0.4, 0.5) is 5.69 Å². The minimum Gasteiger partial charge on any atom is -0.271 e. The van der Waals surface area contributed by atoms with Crippen molar-refractivity contribution in [2.75, 3.05) is 17.1 Å². The van der Waals surface area contributed by atoms with Crippen LogP contribution < -0.4 is 9.73 Å². The number of amides is 1. The van der Waals surface area contributed by atoms with Crippen molar-refractivity contribution in [1.29, 1.82) is 0 Å². The van der Waals surface area contributed by atoms with Crippen LogP contribution in [0.5, 0.6) is 0 Å². The number of benzene rings is 1. The molecule has 1 fully saturated rings. The topological polar surface area (TPSA) is 78.8 Å². The molecule has 1 saturated carbocycles. The fourth-order valence-electron chi connectivity index (χ4n) is 2.64. The summed E-state index contributed by atoms with van der Waals surface area (Å²) in [5.74, 6) is -0.430. The van der Waals surface area contributed by atoms with Gasteiger partial charge in [0.25, 0.3) is 5.91 Å². The van der Waals surface area contributed by atoms with E-state index in [1.54, 1.807) is 12.1 Å². The second-order valence-corrected chi connectivity index (χ2v) is 7.58. The molecule has 0 atom stereocenters. The van der Waals surface area contributed by atoms with Crippen LogP contribution in [-0.4, -0.2) is 32.8 Å². The first-order valence-corrected chi connectivity index (χ1v) is 9.66. The molecule has 1 amide bonds. The lowest BCUT2D eigenvalue weighted by Crippen LogP contribution is -2.39. The smallest absolute Gasteiger partial charge is 0.260 e. The predicted octanol–water partition coefficient (Wildman–Crippen LogP) is 2.06. The number of aryl methyl sites for hydroxylation is 1. The fraction of sp³-hybridized carbons (Fsp3) is 0.500. The lowest BCUT2D eigenvalue weighted by molar-refractivity contribution is -0.119. The lowest BCUT2D eigenvalue weighted by atomic mass is 10.1. The van der Waals surface area contributed by atoms with E-state index in [9.17, 15) is 13.2 Å². The zero-order chi connectivity index (χ0) is 16.9. The van der Waals surface area contributed by atoms with Crippen LogP contribution in [0.3, 0.4) is 0 Å². The van der Waals surface area contributed by atoms with Gasteiger partial charge in [0.2, 0.25) is 10.0 Å². The van der Waals surface area contributed by atoms with Crippen LogP contribution in [0, 0.1) is 0 Å². The van der Waals surface area contributed by atoms with Crippen LogP contribution >= 0.6 is 0 Å². The van der Waals surface area contributed by atoms with E-state index in [0.29, 0.717) is 12.1 Å². The van der Waals surface area contributed by atoms with E-state index in [0.717, 1.165) is 47.5 Å². The molecule has 0 radical (unpaired) electrons. The minimum atomic E-state index is -3.56. The lowest BCUT2D eigenvalue weighted by Gasteiger charge is -2.23. The maximum absolute atomic E-state index is 12.1. The van der Waals surface area contributed by atoms with Gasteiger partial charge < -0.3 is 0 Å². The van der Waals surface area contributed by atoms with E-state index in [1.165, 1.54) is 0 Å². The molecule has 1 aliphatic rings. The van der Waals surface area contributed by atoms with Gasteiger partial charge in [0, 0.05) is 5.71 Å². The largest absolute Gasteiger partial charge is 0.271 e. The highest BCUT2D eigenvalue weighted by atomic mass is 32.2. The number of sulfonamides is 1. The number of para-hydroxylation sites is 1. The molecule has 0 unspecified atom stereocenters. The standard InChI is InChI=1S/C16H23N3O3S/c1-3-13-8-4-7-11-15(13)19(23(2,21)22)12-16(20)18-17-14-9-5-6-10-14/h4,7-8,11H,3,5-6,9-10,12H2,1-2H3,(H,18,20). The van der Waals surface area contributed by atoms with Crippen molar-refractivity contribution in [3.05, 3.63) is 29.8 Å². The third-order valence-corrected chi connectivity index (χ3v) is 4.97. The molecule has 1 aromatic rings. The summed E-state index contributed by atoms with van der Waals surface area (Å²) in [6.07, 6.45) is 5.77. The Hall–Kier alpha value is -1.89. The second kappa shape index (κ2) is 7.59. The van der Waals surface area contributed by atoms with Gasteiger partial charge in [-0.15, -0.1) is 0 Å². The normalized spacial score (nSPS) is 14.6. The molecule has 126 valence electrons. The molecule has 0 saturated heterocycles. The van der Waals surface area contributed by atoms with Crippen LogP contribution in [0.1, 0.15) is 38.2 Å². The van der Waals surface area contributed by atoms with Crippen molar-refractivity contribution >= 4 is 27.3 Å². The van der Waals surface area contributed by atoms with Gasteiger partial charge >= 0.3 is 0 Å². The van der Waals surface area contributed by atoms with Crippen molar-refractivity contribution < 1.29 is 13.2 Å². The van der Waals surface area contributed by atoms with Gasteiger partial charge in [0.1, 0.15) is 6.54 Å². The van der Waals surface area contributed by atoms with E-state index in [4.69, 9.17) is 0 Å². The molecule has 1 aromatic carbocycles. The van der Waals surface area contributed by atoms with Crippen LogP contribution in [0.15, 0.2) is 29.4 Å². The quantitative estimate of drug-likeness (QED) is 0.807. The third-order valence-electron chi connectivity index (χ3n) is 3.85. The summed E-state index contributed by atoms with van der Waals surface area (Å²) in [7, 11) is -3.56. The maximum atomic E-state index is 12.1. The SMILES string of the molecule is CCc1ccccc1N(CC(=O)NN=C1CCCC1)S(C)(=O)=O. The van der Waals surface area contributed by atoms with E-state index in [-0.39, 0.29) is 6.54 Å². The van der Waals surface area contributed by atoms with Gasteiger partial charge in [-0.05, 0) is 43.7 Å². The molecule has 7 heteroatoms. The Morgan fingerprint density at radius 2 is 1.91 bits per heavy atom. The van der Waals surface area contributed by atoms with Crippen molar-refractivity contribution in [2.45, 2.75) is 39.0 Å². The number of hydrogen-bond acceptors (Lipinski definition) is 4. The Morgan fingerprint density at radius 1 is 1.26 bits per heavy atom. The van der Waals surface area contributed by atoms with E-state index in [2.05, 4.69) is 10.5 Å². The van der Waals surface area contributed by atoms with Crippen molar-refractivity contribution in [2.24, 2.45) is 5.10 Å². The average Bonchev–Trinajstić information content (AvgIpc) is 3.03. The Bertz CT molecular complexity index is 690. The van der Waals surface area contributed by atoms with E-state index < -0.39 is 15.9 Å². The summed E-state index contributed by atoms with van der Waals surface area (Å²) in [6.45, 7) is 1.68. The number of hydrazone groups is 1. The molecule has 1 N–H and O–H groups in total. The zero-order valence-electron chi connectivity index (χ0n) is 13.6. The first kappa shape index (κ1) is 17.5. The number of nitrogens with zero attached hydrogens (tertiary/aromatic N) is 2. The van der Waals surface area contributed by atoms with Crippen molar-refractivity contribution in [1.82, 2.24) is 5.43 Å².